The summed E-state index contributed by atoms with van der Waals surface area (Å²) in [5.41, 5.74) is 7.22. The molecule has 5 atom stereocenters. The SMILES string of the molecule is C=C1/C(=C\C=C2/CCCC3(C)C2CCC3[C@H](C)CCCc2ccc(C)cc2)CCCC1O. The molecule has 0 saturated heterocycles. The third kappa shape index (κ3) is 4.98. The van der Waals surface area contributed by atoms with Crippen molar-refractivity contribution in [1.82, 2.24) is 0 Å². The Kier molecular flexibility index (Phi) is 7.45. The number of rotatable bonds is 6. The van der Waals surface area contributed by atoms with E-state index in [1.54, 1.807) is 5.57 Å². The normalized spacial score (nSPS) is 34.1. The minimum absolute atomic E-state index is 0.332. The van der Waals surface area contributed by atoms with Gasteiger partial charge in [0.05, 0.1) is 6.10 Å². The van der Waals surface area contributed by atoms with Gasteiger partial charge in [-0.15, -0.1) is 0 Å². The zero-order chi connectivity index (χ0) is 22.7. The molecule has 3 aliphatic carbocycles. The molecule has 1 N–H and O–H groups in total. The van der Waals surface area contributed by atoms with Gasteiger partial charge in [0.15, 0.2) is 0 Å². The van der Waals surface area contributed by atoms with E-state index in [0.29, 0.717) is 5.41 Å². The van der Waals surface area contributed by atoms with Crippen molar-refractivity contribution in [2.45, 2.75) is 97.5 Å². The van der Waals surface area contributed by atoms with Gasteiger partial charge < -0.3 is 5.11 Å². The molecule has 0 amide bonds. The van der Waals surface area contributed by atoms with Crippen molar-refractivity contribution in [1.29, 1.82) is 0 Å². The summed E-state index contributed by atoms with van der Waals surface area (Å²) < 4.78 is 0. The van der Waals surface area contributed by atoms with Gasteiger partial charge in [0.25, 0.3) is 0 Å². The van der Waals surface area contributed by atoms with Crippen LogP contribution in [0.3, 0.4) is 0 Å². The Hall–Kier alpha value is -1.60. The van der Waals surface area contributed by atoms with Crippen LogP contribution in [0, 0.1) is 30.1 Å². The van der Waals surface area contributed by atoms with Crippen LogP contribution in [0.15, 0.2) is 59.7 Å². The van der Waals surface area contributed by atoms with Crippen LogP contribution >= 0.6 is 0 Å². The summed E-state index contributed by atoms with van der Waals surface area (Å²) in [4.78, 5) is 0. The van der Waals surface area contributed by atoms with Crippen molar-refractivity contribution in [3.05, 3.63) is 70.8 Å². The molecule has 3 fully saturated rings. The topological polar surface area (TPSA) is 20.2 Å². The van der Waals surface area contributed by atoms with E-state index in [2.05, 4.69) is 63.8 Å². The second-order valence-corrected chi connectivity index (χ2v) is 11.3. The van der Waals surface area contributed by atoms with E-state index in [4.69, 9.17) is 0 Å². The molecule has 1 heteroatoms. The lowest BCUT2D eigenvalue weighted by Gasteiger charge is -2.44. The minimum Gasteiger partial charge on any atom is -0.388 e. The average molecular weight is 433 g/mol. The van der Waals surface area contributed by atoms with Crippen LogP contribution in [0.4, 0.5) is 0 Å². The molecular weight excluding hydrogens is 388 g/mol. The van der Waals surface area contributed by atoms with Gasteiger partial charge in [-0.25, -0.2) is 0 Å². The molecular formula is C31H44O. The number of hydrogen-bond acceptors (Lipinski definition) is 1. The van der Waals surface area contributed by atoms with Crippen LogP contribution in [-0.4, -0.2) is 11.2 Å². The molecule has 1 aromatic carbocycles. The molecule has 3 aliphatic rings. The summed E-state index contributed by atoms with van der Waals surface area (Å²) in [5.74, 6) is 2.41. The number of hydrogen-bond donors (Lipinski definition) is 1. The number of aliphatic hydroxyl groups excluding tert-OH is 1. The maximum absolute atomic E-state index is 10.2. The fourth-order valence-corrected chi connectivity index (χ4v) is 7.23. The first-order valence-corrected chi connectivity index (χ1v) is 13.2. The summed E-state index contributed by atoms with van der Waals surface area (Å²) in [6.45, 7) is 11.5. The first-order valence-electron chi connectivity index (χ1n) is 13.2. The predicted molar refractivity (Wildman–Crippen MR) is 137 cm³/mol. The standard InChI is InChI=1S/C31H44O/c1-22-13-15-25(16-14-22)9-5-8-23(2)28-19-20-29-27(11-7-21-31(28,29)4)18-17-26-10-6-12-30(32)24(26)3/h13-18,23,28-30,32H,3,5-12,19-21H2,1-2,4H3/b26-17-,27-18+/t23-,28?,29?,30?,31?/m1/s1. The molecule has 174 valence electrons. The molecule has 4 rings (SSSR count). The van der Waals surface area contributed by atoms with Gasteiger partial charge in [0.2, 0.25) is 0 Å². The Balaban J connectivity index is 1.39. The maximum Gasteiger partial charge on any atom is 0.0787 e. The molecule has 0 radical (unpaired) electrons. The fourth-order valence-electron chi connectivity index (χ4n) is 7.23. The highest BCUT2D eigenvalue weighted by atomic mass is 16.3. The van der Waals surface area contributed by atoms with Crippen LogP contribution in [0.5, 0.6) is 0 Å². The molecule has 0 heterocycles. The third-order valence-electron chi connectivity index (χ3n) is 9.21. The fraction of sp³-hybridized carbons (Fsp3) is 0.613. The summed E-state index contributed by atoms with van der Waals surface area (Å²) in [6.07, 6.45) is 18.0. The lowest BCUT2D eigenvalue weighted by molar-refractivity contribution is 0.0935. The van der Waals surface area contributed by atoms with Crippen LogP contribution in [0.1, 0.15) is 89.2 Å². The summed E-state index contributed by atoms with van der Waals surface area (Å²) in [7, 11) is 0. The number of benzene rings is 1. The predicted octanol–water partition coefficient (Wildman–Crippen LogP) is 8.12. The Morgan fingerprint density at radius 1 is 1.09 bits per heavy atom. The number of fused-ring (bicyclic) bond motifs is 1. The van der Waals surface area contributed by atoms with Crippen LogP contribution < -0.4 is 0 Å². The molecule has 0 bridgehead atoms. The molecule has 3 saturated carbocycles. The molecule has 0 spiro atoms. The molecule has 0 aromatic heterocycles. The van der Waals surface area contributed by atoms with Crippen molar-refractivity contribution in [3.8, 4) is 0 Å². The highest BCUT2D eigenvalue weighted by molar-refractivity contribution is 5.37. The second-order valence-electron chi connectivity index (χ2n) is 11.3. The van der Waals surface area contributed by atoms with E-state index >= 15 is 0 Å². The van der Waals surface area contributed by atoms with Gasteiger partial charge in [0, 0.05) is 0 Å². The van der Waals surface area contributed by atoms with Gasteiger partial charge >= 0.3 is 0 Å². The number of allylic oxidation sites excluding steroid dienone is 3. The molecule has 0 aliphatic heterocycles. The quantitative estimate of drug-likeness (QED) is 0.481. The van der Waals surface area contributed by atoms with Gasteiger partial charge in [-0.3, -0.25) is 0 Å². The van der Waals surface area contributed by atoms with Crippen LogP contribution in [-0.2, 0) is 6.42 Å². The highest BCUT2D eigenvalue weighted by Crippen LogP contribution is 2.59. The van der Waals surface area contributed by atoms with E-state index in [1.165, 1.54) is 68.1 Å². The largest absolute Gasteiger partial charge is 0.388 e. The average Bonchev–Trinajstić information content (AvgIpc) is 3.14. The van der Waals surface area contributed by atoms with Crippen LogP contribution in [0.25, 0.3) is 0 Å². The van der Waals surface area contributed by atoms with Crippen molar-refractivity contribution in [2.75, 3.05) is 0 Å². The van der Waals surface area contributed by atoms with E-state index in [1.807, 2.05) is 0 Å². The first-order chi connectivity index (χ1) is 15.4. The summed E-state index contributed by atoms with van der Waals surface area (Å²) in [5, 5.41) is 10.2. The Morgan fingerprint density at radius 3 is 2.66 bits per heavy atom. The van der Waals surface area contributed by atoms with E-state index in [-0.39, 0.29) is 6.10 Å². The zero-order valence-electron chi connectivity index (χ0n) is 20.7. The number of aryl methyl sites for hydroxylation is 2. The third-order valence-corrected chi connectivity index (χ3v) is 9.21. The van der Waals surface area contributed by atoms with E-state index in [9.17, 15) is 5.11 Å². The smallest absolute Gasteiger partial charge is 0.0787 e. The van der Waals surface area contributed by atoms with Crippen molar-refractivity contribution < 1.29 is 5.11 Å². The maximum atomic E-state index is 10.2. The van der Waals surface area contributed by atoms with Gasteiger partial charge in [-0.05, 0) is 111 Å². The lowest BCUT2D eigenvalue weighted by Crippen LogP contribution is -2.36. The Labute approximate surface area is 196 Å². The van der Waals surface area contributed by atoms with Gasteiger partial charge in [-0.1, -0.05) is 74.4 Å². The van der Waals surface area contributed by atoms with E-state index in [0.717, 1.165) is 42.6 Å². The Bertz CT molecular complexity index is 857. The van der Waals surface area contributed by atoms with Crippen molar-refractivity contribution in [3.63, 3.8) is 0 Å². The number of aliphatic hydroxyl groups is 1. The van der Waals surface area contributed by atoms with Crippen molar-refractivity contribution in [2.24, 2.45) is 23.2 Å². The van der Waals surface area contributed by atoms with E-state index < -0.39 is 0 Å². The summed E-state index contributed by atoms with van der Waals surface area (Å²) in [6, 6.07) is 9.10. The molecule has 4 unspecified atom stereocenters. The van der Waals surface area contributed by atoms with Crippen LogP contribution in [0.2, 0.25) is 0 Å². The first kappa shape index (κ1) is 23.6. The monoisotopic (exact) mass is 432 g/mol. The minimum atomic E-state index is -0.332. The molecule has 1 aromatic rings. The molecule has 32 heavy (non-hydrogen) atoms. The highest BCUT2D eigenvalue weighted by Gasteiger charge is 2.50. The van der Waals surface area contributed by atoms with Gasteiger partial charge in [-0.2, -0.15) is 0 Å². The van der Waals surface area contributed by atoms with Crippen molar-refractivity contribution >= 4 is 0 Å². The molecule has 1 nitrogen and oxygen atoms in total. The zero-order valence-corrected chi connectivity index (χ0v) is 20.7. The Morgan fingerprint density at radius 2 is 1.88 bits per heavy atom. The van der Waals surface area contributed by atoms with Gasteiger partial charge in [0.1, 0.15) is 0 Å². The summed E-state index contributed by atoms with van der Waals surface area (Å²) >= 11 is 0. The second kappa shape index (κ2) is 10.1. The lowest BCUT2D eigenvalue weighted by atomic mass is 9.60.